The Balaban J connectivity index is 4.17. The zero-order valence-corrected chi connectivity index (χ0v) is 13.9. The molecule has 1 nitrogen and oxygen atoms in total. The van der Waals surface area contributed by atoms with Crippen LogP contribution in [0.25, 0.3) is 0 Å². The molecule has 0 radical (unpaired) electrons. The predicted octanol–water partition coefficient (Wildman–Crippen LogP) is 5.34. The number of rotatable bonds is 12. The highest BCUT2D eigenvalue weighted by molar-refractivity contribution is 9.09. The lowest BCUT2D eigenvalue weighted by atomic mass is 10.1. The maximum Gasteiger partial charge on any atom is 0.134 e. The first-order chi connectivity index (χ1) is 8.24. The van der Waals surface area contributed by atoms with Crippen LogP contribution in [0.4, 0.5) is 0 Å². The predicted molar refractivity (Wildman–Crippen MR) is 82.6 cm³/mol. The maximum atomic E-state index is 3.78. The molecule has 2 heteroatoms. The van der Waals surface area contributed by atoms with Crippen LogP contribution < -0.4 is 0 Å². The van der Waals surface area contributed by atoms with Gasteiger partial charge in [0.25, 0.3) is 0 Å². The zero-order valence-electron chi connectivity index (χ0n) is 12.3. The average molecular weight is 307 g/mol. The summed E-state index contributed by atoms with van der Waals surface area (Å²) in [6.07, 6.45) is 11.0. The molecule has 0 rings (SSSR count). The molecule has 0 N–H and O–H groups in total. The van der Waals surface area contributed by atoms with E-state index in [0.29, 0.717) is 0 Å². The largest absolute Gasteiger partial charge is 0.315 e. The summed E-state index contributed by atoms with van der Waals surface area (Å²) in [4.78, 5) is 0. The van der Waals surface area contributed by atoms with Crippen LogP contribution in [-0.4, -0.2) is 29.6 Å². The van der Waals surface area contributed by atoms with Crippen molar-refractivity contribution in [3.05, 3.63) is 0 Å². The zero-order chi connectivity index (χ0) is 13.0. The molecule has 0 aliphatic rings. The first-order valence-electron chi connectivity index (χ1n) is 7.65. The fourth-order valence-corrected chi connectivity index (χ4v) is 3.15. The fourth-order valence-electron chi connectivity index (χ4n) is 2.40. The van der Waals surface area contributed by atoms with Crippen LogP contribution in [0.15, 0.2) is 0 Å². The molecule has 0 amide bonds. The highest BCUT2D eigenvalue weighted by Crippen LogP contribution is 2.17. The van der Waals surface area contributed by atoms with Gasteiger partial charge < -0.3 is 4.48 Å². The molecule has 0 aromatic heterocycles. The molecule has 0 aromatic carbocycles. The third-order valence-corrected chi connectivity index (χ3v) is 4.78. The number of nitrogens with zero attached hydrogens (tertiary/aromatic N) is 1. The van der Waals surface area contributed by atoms with Gasteiger partial charge in [0.1, 0.15) is 5.45 Å². The molecule has 0 fully saturated rings. The summed E-state index contributed by atoms with van der Waals surface area (Å²) < 4.78 is 1.31. The standard InChI is InChI=1S/C15H33BrN/c1-4-7-10-13-17(15-16,12-9-6-3)14-11-8-5-2/h4-15H2,1-3H3/q+1. The Morgan fingerprint density at radius 1 is 0.647 bits per heavy atom. The van der Waals surface area contributed by atoms with E-state index in [1.54, 1.807) is 0 Å². The molecule has 0 bridgehead atoms. The maximum absolute atomic E-state index is 3.78. The first-order valence-corrected chi connectivity index (χ1v) is 8.77. The molecule has 0 saturated carbocycles. The van der Waals surface area contributed by atoms with Crippen molar-refractivity contribution in [1.82, 2.24) is 0 Å². The van der Waals surface area contributed by atoms with Gasteiger partial charge in [0.05, 0.1) is 19.6 Å². The molecule has 0 atom stereocenters. The van der Waals surface area contributed by atoms with Gasteiger partial charge in [-0.3, -0.25) is 0 Å². The van der Waals surface area contributed by atoms with Crippen molar-refractivity contribution in [2.75, 3.05) is 25.1 Å². The lowest BCUT2D eigenvalue weighted by Gasteiger charge is -2.37. The third-order valence-electron chi connectivity index (χ3n) is 3.71. The molecule has 0 aromatic rings. The van der Waals surface area contributed by atoms with Crippen molar-refractivity contribution in [3.63, 3.8) is 0 Å². The summed E-state index contributed by atoms with van der Waals surface area (Å²) in [6, 6.07) is 0. The van der Waals surface area contributed by atoms with Gasteiger partial charge in [-0.2, -0.15) is 0 Å². The molecule has 0 unspecified atom stereocenters. The van der Waals surface area contributed by atoms with E-state index in [1.807, 2.05) is 0 Å². The number of halogens is 1. The summed E-state index contributed by atoms with van der Waals surface area (Å²) in [5.41, 5.74) is 1.15. The smallest absolute Gasteiger partial charge is 0.134 e. The highest BCUT2D eigenvalue weighted by atomic mass is 79.9. The van der Waals surface area contributed by atoms with E-state index < -0.39 is 0 Å². The van der Waals surface area contributed by atoms with Gasteiger partial charge in [-0.1, -0.05) is 40.0 Å². The van der Waals surface area contributed by atoms with Gasteiger partial charge in [0, 0.05) is 0 Å². The molecule has 0 heterocycles. The average Bonchev–Trinajstić information content (AvgIpc) is 2.36. The first kappa shape index (κ1) is 17.4. The molecule has 0 saturated heterocycles. The van der Waals surface area contributed by atoms with Crippen molar-refractivity contribution in [1.29, 1.82) is 0 Å². The summed E-state index contributed by atoms with van der Waals surface area (Å²) >= 11 is 3.78. The minimum atomic E-state index is 1.15. The molecule has 0 aliphatic carbocycles. The van der Waals surface area contributed by atoms with Crippen LogP contribution in [0.3, 0.4) is 0 Å². The van der Waals surface area contributed by atoms with Crippen molar-refractivity contribution < 1.29 is 4.48 Å². The monoisotopic (exact) mass is 306 g/mol. The van der Waals surface area contributed by atoms with Crippen molar-refractivity contribution in [3.8, 4) is 0 Å². The Morgan fingerprint density at radius 3 is 1.41 bits per heavy atom. The van der Waals surface area contributed by atoms with Gasteiger partial charge in [-0.05, 0) is 48.0 Å². The van der Waals surface area contributed by atoms with Gasteiger partial charge in [0.2, 0.25) is 0 Å². The van der Waals surface area contributed by atoms with Crippen molar-refractivity contribution >= 4 is 15.9 Å². The minimum Gasteiger partial charge on any atom is -0.315 e. The molecular weight excluding hydrogens is 274 g/mol. The van der Waals surface area contributed by atoms with E-state index >= 15 is 0 Å². The van der Waals surface area contributed by atoms with E-state index in [9.17, 15) is 0 Å². The van der Waals surface area contributed by atoms with Crippen LogP contribution in [0.5, 0.6) is 0 Å². The Bertz CT molecular complexity index is 149. The SMILES string of the molecule is CCCCC[N+](CBr)(CCCC)CCCCC. The van der Waals surface area contributed by atoms with Crippen LogP contribution >= 0.6 is 15.9 Å². The lowest BCUT2D eigenvalue weighted by Crippen LogP contribution is -2.49. The van der Waals surface area contributed by atoms with E-state index in [0.717, 1.165) is 5.45 Å². The summed E-state index contributed by atoms with van der Waals surface area (Å²) in [6.45, 7) is 11.0. The molecule has 104 valence electrons. The summed E-state index contributed by atoms with van der Waals surface area (Å²) in [5.74, 6) is 0. The minimum absolute atomic E-state index is 1.15. The van der Waals surface area contributed by atoms with Gasteiger partial charge >= 0.3 is 0 Å². The van der Waals surface area contributed by atoms with Gasteiger partial charge in [-0.15, -0.1) is 0 Å². The Morgan fingerprint density at radius 2 is 1.06 bits per heavy atom. The van der Waals surface area contributed by atoms with E-state index in [4.69, 9.17) is 0 Å². The second-order valence-corrected chi connectivity index (χ2v) is 5.90. The van der Waals surface area contributed by atoms with Crippen LogP contribution in [-0.2, 0) is 0 Å². The topological polar surface area (TPSA) is 0 Å². The second-order valence-electron chi connectivity index (χ2n) is 5.40. The fraction of sp³-hybridized carbons (Fsp3) is 1.00. The molecule has 17 heavy (non-hydrogen) atoms. The molecule has 0 aliphatic heterocycles. The van der Waals surface area contributed by atoms with Crippen LogP contribution in [0, 0.1) is 0 Å². The quantitative estimate of drug-likeness (QED) is 0.198. The molecule has 0 spiro atoms. The van der Waals surface area contributed by atoms with Gasteiger partial charge in [-0.25, -0.2) is 0 Å². The van der Waals surface area contributed by atoms with E-state index in [-0.39, 0.29) is 0 Å². The Hall–Kier alpha value is 0.440. The van der Waals surface area contributed by atoms with Crippen molar-refractivity contribution in [2.45, 2.75) is 72.1 Å². The Kier molecular flexibility index (Phi) is 11.8. The van der Waals surface area contributed by atoms with Crippen LogP contribution in [0.1, 0.15) is 72.1 Å². The number of hydrogen-bond acceptors (Lipinski definition) is 0. The van der Waals surface area contributed by atoms with E-state index in [2.05, 4.69) is 36.7 Å². The third kappa shape index (κ3) is 8.20. The number of hydrogen-bond donors (Lipinski definition) is 0. The normalized spacial score (nSPS) is 12.0. The van der Waals surface area contributed by atoms with Gasteiger partial charge in [0.15, 0.2) is 0 Å². The Labute approximate surface area is 118 Å². The molecular formula is C15H33BrN+. The summed E-state index contributed by atoms with van der Waals surface area (Å²) in [7, 11) is 0. The second kappa shape index (κ2) is 11.5. The highest BCUT2D eigenvalue weighted by Gasteiger charge is 2.24. The lowest BCUT2D eigenvalue weighted by molar-refractivity contribution is -0.915. The van der Waals surface area contributed by atoms with Crippen LogP contribution in [0.2, 0.25) is 0 Å². The number of alkyl halides is 1. The van der Waals surface area contributed by atoms with Crippen molar-refractivity contribution in [2.24, 2.45) is 0 Å². The number of quaternary nitrogens is 1. The van der Waals surface area contributed by atoms with E-state index in [1.165, 1.54) is 75.5 Å². The summed E-state index contributed by atoms with van der Waals surface area (Å²) in [5, 5.41) is 0. The number of unbranched alkanes of at least 4 members (excludes halogenated alkanes) is 5.